The highest BCUT2D eigenvalue weighted by Crippen LogP contribution is 2.25. The summed E-state index contributed by atoms with van der Waals surface area (Å²) in [4.78, 5) is 11.5. The monoisotopic (exact) mass is 229 g/mol. The van der Waals surface area contributed by atoms with E-state index in [1.165, 1.54) is 0 Å². The van der Waals surface area contributed by atoms with E-state index in [-0.39, 0.29) is 11.2 Å². The third kappa shape index (κ3) is 5.23. The molecule has 4 heteroatoms. The number of carbonyl (C=O) groups is 1. The van der Waals surface area contributed by atoms with Crippen molar-refractivity contribution in [3.63, 3.8) is 0 Å². The summed E-state index contributed by atoms with van der Waals surface area (Å²) in [6, 6.07) is 0. The lowest BCUT2D eigenvalue weighted by Gasteiger charge is -2.09. The molecule has 15 heavy (non-hydrogen) atoms. The van der Waals surface area contributed by atoms with E-state index >= 15 is 0 Å². The van der Waals surface area contributed by atoms with Gasteiger partial charge in [0.2, 0.25) is 5.91 Å². The van der Waals surface area contributed by atoms with Crippen LogP contribution in [0.25, 0.3) is 0 Å². The Kier molecular flexibility index (Phi) is 5.79. The molecule has 1 aliphatic rings. The molecule has 1 aliphatic heterocycles. The molecule has 1 amide bonds. The number of amides is 1. The average molecular weight is 229 g/mol. The van der Waals surface area contributed by atoms with Gasteiger partial charge in [0.1, 0.15) is 0 Å². The van der Waals surface area contributed by atoms with Crippen LogP contribution in [-0.4, -0.2) is 36.7 Å². The molecule has 3 nitrogen and oxygen atoms in total. The minimum Gasteiger partial charge on any atom is -0.375 e. The zero-order chi connectivity index (χ0) is 11.1. The topological polar surface area (TPSA) is 38.3 Å². The fourth-order valence-electron chi connectivity index (χ4n) is 1.39. The Morgan fingerprint density at radius 3 is 3.07 bits per heavy atom. The van der Waals surface area contributed by atoms with Gasteiger partial charge in [-0.2, -0.15) is 0 Å². The van der Waals surface area contributed by atoms with Gasteiger partial charge in [0.15, 0.2) is 0 Å². The summed E-state index contributed by atoms with van der Waals surface area (Å²) in [5.41, 5.74) is 1.01. The molecule has 0 spiro atoms. The first-order valence-electron chi connectivity index (χ1n) is 5.31. The molecule has 0 radical (unpaired) electrons. The van der Waals surface area contributed by atoms with Crippen molar-refractivity contribution in [2.75, 3.05) is 25.5 Å². The number of rotatable bonds is 6. The fourth-order valence-corrected chi connectivity index (χ4v) is 2.58. The van der Waals surface area contributed by atoms with Gasteiger partial charge in [0.05, 0.1) is 18.5 Å². The van der Waals surface area contributed by atoms with Crippen molar-refractivity contribution < 1.29 is 9.53 Å². The smallest absolute Gasteiger partial charge is 0.233 e. The number of thioether (sulfide) groups is 1. The van der Waals surface area contributed by atoms with E-state index in [1.807, 2.05) is 6.92 Å². The quantitative estimate of drug-likeness (QED) is 0.555. The zero-order valence-corrected chi connectivity index (χ0v) is 10.1. The van der Waals surface area contributed by atoms with Gasteiger partial charge in [0, 0.05) is 6.54 Å². The molecule has 1 heterocycles. The highest BCUT2D eigenvalue weighted by molar-refractivity contribution is 8.00. The molecule has 0 aromatic rings. The van der Waals surface area contributed by atoms with Crippen molar-refractivity contribution in [3.05, 3.63) is 12.2 Å². The van der Waals surface area contributed by atoms with Crippen LogP contribution in [0.1, 0.15) is 19.8 Å². The molecule has 1 saturated heterocycles. The van der Waals surface area contributed by atoms with Gasteiger partial charge in [-0.15, -0.1) is 11.8 Å². The Labute approximate surface area is 95.6 Å². The first kappa shape index (κ1) is 12.6. The molecule has 1 rings (SSSR count). The molecule has 0 aromatic carbocycles. The fraction of sp³-hybridized carbons (Fsp3) is 0.727. The average Bonchev–Trinajstić information content (AvgIpc) is 2.69. The minimum absolute atomic E-state index is 0.163. The molecule has 0 aromatic heterocycles. The van der Waals surface area contributed by atoms with E-state index in [0.29, 0.717) is 19.8 Å². The van der Waals surface area contributed by atoms with Crippen LogP contribution in [0.4, 0.5) is 0 Å². The van der Waals surface area contributed by atoms with E-state index < -0.39 is 0 Å². The van der Waals surface area contributed by atoms with Crippen molar-refractivity contribution in [2.24, 2.45) is 0 Å². The van der Waals surface area contributed by atoms with Gasteiger partial charge in [0.25, 0.3) is 0 Å². The van der Waals surface area contributed by atoms with E-state index in [0.717, 1.165) is 24.2 Å². The summed E-state index contributed by atoms with van der Waals surface area (Å²) in [5.74, 6) is 1.28. The third-order valence-electron chi connectivity index (χ3n) is 2.12. The second kappa shape index (κ2) is 6.90. The molecule has 86 valence electrons. The van der Waals surface area contributed by atoms with Crippen molar-refractivity contribution in [3.8, 4) is 0 Å². The van der Waals surface area contributed by atoms with Gasteiger partial charge >= 0.3 is 0 Å². The van der Waals surface area contributed by atoms with Crippen molar-refractivity contribution in [1.82, 2.24) is 5.32 Å². The zero-order valence-electron chi connectivity index (χ0n) is 9.25. The lowest BCUT2D eigenvalue weighted by molar-refractivity contribution is -0.120. The van der Waals surface area contributed by atoms with Gasteiger partial charge in [-0.1, -0.05) is 12.2 Å². The Bertz CT molecular complexity index is 225. The number of hydrogen-bond acceptors (Lipinski definition) is 3. The normalized spacial score (nSPS) is 20.2. The molecule has 0 bridgehead atoms. The Morgan fingerprint density at radius 2 is 2.47 bits per heavy atom. The Morgan fingerprint density at radius 1 is 1.67 bits per heavy atom. The van der Waals surface area contributed by atoms with Crippen LogP contribution in [0, 0.1) is 0 Å². The molecule has 1 fully saturated rings. The highest BCUT2D eigenvalue weighted by Gasteiger charge is 2.22. The van der Waals surface area contributed by atoms with Crippen molar-refractivity contribution >= 4 is 17.7 Å². The van der Waals surface area contributed by atoms with E-state index in [4.69, 9.17) is 4.74 Å². The number of hydrogen-bond donors (Lipinski definition) is 1. The SMILES string of the molecule is C=C(C)COCCNC(=O)C1CCCS1. The first-order valence-corrected chi connectivity index (χ1v) is 6.36. The van der Waals surface area contributed by atoms with E-state index in [2.05, 4.69) is 11.9 Å². The van der Waals surface area contributed by atoms with Gasteiger partial charge in [-0.3, -0.25) is 4.79 Å². The summed E-state index contributed by atoms with van der Waals surface area (Å²) in [7, 11) is 0. The minimum atomic E-state index is 0.163. The summed E-state index contributed by atoms with van der Waals surface area (Å²) < 4.78 is 5.29. The number of carbonyl (C=O) groups excluding carboxylic acids is 1. The Hall–Kier alpha value is -0.480. The molecule has 1 atom stereocenters. The maximum Gasteiger partial charge on any atom is 0.233 e. The molecule has 1 unspecified atom stereocenters. The van der Waals surface area contributed by atoms with Crippen LogP contribution in [0.5, 0.6) is 0 Å². The Balaban J connectivity index is 1.99. The van der Waals surface area contributed by atoms with Crippen molar-refractivity contribution in [1.29, 1.82) is 0 Å². The number of ether oxygens (including phenoxy) is 1. The van der Waals surface area contributed by atoms with Crippen LogP contribution in [0.2, 0.25) is 0 Å². The number of nitrogens with one attached hydrogen (secondary N) is 1. The second-order valence-corrected chi connectivity index (χ2v) is 5.11. The van der Waals surface area contributed by atoms with E-state index in [9.17, 15) is 4.79 Å². The lowest BCUT2D eigenvalue weighted by atomic mass is 10.2. The summed E-state index contributed by atoms with van der Waals surface area (Å²) in [6.45, 7) is 7.40. The van der Waals surface area contributed by atoms with Crippen LogP contribution < -0.4 is 5.32 Å². The second-order valence-electron chi connectivity index (χ2n) is 3.80. The third-order valence-corrected chi connectivity index (χ3v) is 3.49. The maximum absolute atomic E-state index is 11.5. The van der Waals surface area contributed by atoms with Gasteiger partial charge in [-0.25, -0.2) is 0 Å². The predicted molar refractivity (Wildman–Crippen MR) is 64.1 cm³/mol. The molecule has 1 N–H and O–H groups in total. The first-order chi connectivity index (χ1) is 7.20. The van der Waals surface area contributed by atoms with Gasteiger partial charge in [-0.05, 0) is 25.5 Å². The maximum atomic E-state index is 11.5. The standard InChI is InChI=1S/C11H19NO2S/c1-9(2)8-14-6-5-12-11(13)10-4-3-7-15-10/h10H,1,3-8H2,2H3,(H,12,13). The largest absolute Gasteiger partial charge is 0.375 e. The van der Waals surface area contributed by atoms with Crippen LogP contribution in [0.15, 0.2) is 12.2 Å². The van der Waals surface area contributed by atoms with E-state index in [1.54, 1.807) is 11.8 Å². The van der Waals surface area contributed by atoms with Crippen LogP contribution >= 0.6 is 11.8 Å². The van der Waals surface area contributed by atoms with Crippen LogP contribution in [-0.2, 0) is 9.53 Å². The summed E-state index contributed by atoms with van der Waals surface area (Å²) >= 11 is 1.75. The summed E-state index contributed by atoms with van der Waals surface area (Å²) in [5, 5.41) is 3.06. The van der Waals surface area contributed by atoms with Crippen molar-refractivity contribution in [2.45, 2.75) is 25.0 Å². The molecular weight excluding hydrogens is 210 g/mol. The molecular formula is C11H19NO2S. The lowest BCUT2D eigenvalue weighted by Crippen LogP contribution is -2.33. The highest BCUT2D eigenvalue weighted by atomic mass is 32.2. The molecule has 0 aliphatic carbocycles. The molecule has 0 saturated carbocycles. The van der Waals surface area contributed by atoms with Crippen LogP contribution in [0.3, 0.4) is 0 Å². The summed E-state index contributed by atoms with van der Waals surface area (Å²) in [6.07, 6.45) is 2.18. The van der Waals surface area contributed by atoms with Gasteiger partial charge < -0.3 is 10.1 Å². The predicted octanol–water partition coefficient (Wildman–Crippen LogP) is 1.59.